The first-order chi connectivity index (χ1) is 10.4. The van der Waals surface area contributed by atoms with Gasteiger partial charge in [0.15, 0.2) is 10.8 Å². The lowest BCUT2D eigenvalue weighted by Crippen LogP contribution is -1.91. The van der Waals surface area contributed by atoms with Crippen LogP contribution in [0, 0.1) is 0 Å². The maximum atomic E-state index is 4.34. The lowest BCUT2D eigenvalue weighted by molar-refractivity contribution is 0.940. The van der Waals surface area contributed by atoms with Crippen LogP contribution in [0.4, 0.5) is 0 Å². The molecule has 0 aliphatic heterocycles. The molecule has 0 aliphatic rings. The summed E-state index contributed by atoms with van der Waals surface area (Å²) in [5, 5.41) is 10.7. The molecule has 0 aliphatic carbocycles. The highest BCUT2D eigenvalue weighted by molar-refractivity contribution is 7.98. The zero-order chi connectivity index (χ0) is 14.1. The predicted octanol–water partition coefficient (Wildman–Crippen LogP) is 4.17. The van der Waals surface area contributed by atoms with Gasteiger partial charge in [-0.1, -0.05) is 60.3 Å². The van der Waals surface area contributed by atoms with Gasteiger partial charge < -0.3 is 0 Å². The molecule has 102 valence electrons. The van der Waals surface area contributed by atoms with E-state index >= 15 is 0 Å². The summed E-state index contributed by atoms with van der Waals surface area (Å²) in [5.41, 5.74) is 3.33. The van der Waals surface area contributed by atoms with Crippen LogP contribution in [-0.2, 0) is 5.75 Å². The summed E-state index contributed by atoms with van der Waals surface area (Å²) < 4.78 is 2.13. The molecule has 4 aromatic rings. The Hall–Kier alpha value is -2.33. The molecule has 0 fully saturated rings. The van der Waals surface area contributed by atoms with Crippen LogP contribution < -0.4 is 0 Å². The van der Waals surface area contributed by atoms with Gasteiger partial charge in [0.25, 0.3) is 0 Å². The number of hydrogen-bond donors (Lipinski definition) is 0. The van der Waals surface area contributed by atoms with E-state index in [2.05, 4.69) is 63.1 Å². The molecule has 0 bridgehead atoms. The second-order valence-corrected chi connectivity index (χ2v) is 5.79. The Morgan fingerprint density at radius 3 is 2.52 bits per heavy atom. The van der Waals surface area contributed by atoms with Crippen molar-refractivity contribution in [3.63, 3.8) is 0 Å². The number of nitrogens with zero attached hydrogens (tertiary/aromatic N) is 3. The minimum absolute atomic E-state index is 0.893. The van der Waals surface area contributed by atoms with Gasteiger partial charge in [-0.25, -0.2) is 0 Å². The van der Waals surface area contributed by atoms with E-state index in [9.17, 15) is 0 Å². The molecule has 0 N–H and O–H groups in total. The van der Waals surface area contributed by atoms with Crippen molar-refractivity contribution >= 4 is 28.3 Å². The van der Waals surface area contributed by atoms with Crippen molar-refractivity contribution < 1.29 is 0 Å². The highest BCUT2D eigenvalue weighted by Crippen LogP contribution is 2.25. The van der Waals surface area contributed by atoms with Gasteiger partial charge in [0.05, 0.1) is 5.52 Å². The van der Waals surface area contributed by atoms with E-state index in [0.717, 1.165) is 22.1 Å². The first-order valence-corrected chi connectivity index (χ1v) is 7.80. The van der Waals surface area contributed by atoms with Gasteiger partial charge in [-0.3, -0.25) is 4.40 Å². The maximum Gasteiger partial charge on any atom is 0.196 e. The first kappa shape index (κ1) is 12.4. The van der Waals surface area contributed by atoms with Crippen LogP contribution in [0.1, 0.15) is 5.56 Å². The van der Waals surface area contributed by atoms with Gasteiger partial charge in [0.2, 0.25) is 0 Å². The molecule has 3 nitrogen and oxygen atoms in total. The van der Waals surface area contributed by atoms with E-state index in [-0.39, 0.29) is 0 Å². The molecule has 0 amide bonds. The standard InChI is InChI=1S/C17H13N3S/c1-2-6-13(7-3-1)12-21-17-19-18-16-11-10-14-8-4-5-9-15(14)20(16)17/h1-11H,12H2. The zero-order valence-electron chi connectivity index (χ0n) is 11.3. The number of pyridine rings is 1. The van der Waals surface area contributed by atoms with Crippen molar-refractivity contribution in [1.82, 2.24) is 14.6 Å². The number of hydrogen-bond acceptors (Lipinski definition) is 3. The van der Waals surface area contributed by atoms with E-state index < -0.39 is 0 Å². The maximum absolute atomic E-state index is 4.34. The van der Waals surface area contributed by atoms with Gasteiger partial charge >= 0.3 is 0 Å². The molecule has 0 unspecified atom stereocenters. The minimum atomic E-state index is 0.893. The second kappa shape index (κ2) is 5.22. The van der Waals surface area contributed by atoms with Crippen LogP contribution >= 0.6 is 11.8 Å². The Labute approximate surface area is 126 Å². The Morgan fingerprint density at radius 2 is 1.62 bits per heavy atom. The van der Waals surface area contributed by atoms with Crippen molar-refractivity contribution in [2.24, 2.45) is 0 Å². The highest BCUT2D eigenvalue weighted by Gasteiger charge is 2.09. The summed E-state index contributed by atoms with van der Waals surface area (Å²) in [4.78, 5) is 0. The van der Waals surface area contributed by atoms with Crippen molar-refractivity contribution in [3.05, 3.63) is 72.3 Å². The van der Waals surface area contributed by atoms with Gasteiger partial charge in [-0.2, -0.15) is 0 Å². The Bertz CT molecular complexity index is 900. The number of aromatic nitrogens is 3. The lowest BCUT2D eigenvalue weighted by Gasteiger charge is -2.04. The van der Waals surface area contributed by atoms with Crippen LogP contribution in [0.25, 0.3) is 16.6 Å². The number of fused-ring (bicyclic) bond motifs is 3. The van der Waals surface area contributed by atoms with E-state index in [4.69, 9.17) is 0 Å². The topological polar surface area (TPSA) is 30.2 Å². The van der Waals surface area contributed by atoms with E-state index in [0.29, 0.717) is 0 Å². The number of para-hydroxylation sites is 1. The Morgan fingerprint density at radius 1 is 0.810 bits per heavy atom. The largest absolute Gasteiger partial charge is 0.270 e. The van der Waals surface area contributed by atoms with Crippen LogP contribution in [-0.4, -0.2) is 14.6 Å². The molecule has 2 heterocycles. The fourth-order valence-electron chi connectivity index (χ4n) is 2.43. The summed E-state index contributed by atoms with van der Waals surface area (Å²) in [6, 6.07) is 22.9. The summed E-state index contributed by atoms with van der Waals surface area (Å²) in [7, 11) is 0. The summed E-state index contributed by atoms with van der Waals surface area (Å²) >= 11 is 1.71. The van der Waals surface area contributed by atoms with Crippen LogP contribution in [0.5, 0.6) is 0 Å². The zero-order valence-corrected chi connectivity index (χ0v) is 12.1. The monoisotopic (exact) mass is 291 g/mol. The summed E-state index contributed by atoms with van der Waals surface area (Å²) in [6.45, 7) is 0. The minimum Gasteiger partial charge on any atom is -0.270 e. The van der Waals surface area contributed by atoms with E-state index in [1.807, 2.05) is 18.2 Å². The summed E-state index contributed by atoms with van der Waals surface area (Å²) in [6.07, 6.45) is 0. The lowest BCUT2D eigenvalue weighted by atomic mass is 10.2. The first-order valence-electron chi connectivity index (χ1n) is 6.81. The molecule has 4 heteroatoms. The SMILES string of the molecule is c1ccc(CSc2nnc3ccc4ccccc4n23)cc1. The van der Waals surface area contributed by atoms with Crippen LogP contribution in [0.2, 0.25) is 0 Å². The molecule has 2 aromatic carbocycles. The normalized spacial score (nSPS) is 11.2. The molecule has 2 aromatic heterocycles. The smallest absolute Gasteiger partial charge is 0.196 e. The van der Waals surface area contributed by atoms with Crippen LogP contribution in [0.3, 0.4) is 0 Å². The third-order valence-corrected chi connectivity index (χ3v) is 4.46. The fourth-order valence-corrected chi connectivity index (χ4v) is 3.34. The van der Waals surface area contributed by atoms with E-state index in [1.165, 1.54) is 10.9 Å². The summed E-state index contributed by atoms with van der Waals surface area (Å²) in [5.74, 6) is 0.894. The molecule has 0 saturated carbocycles. The molecular weight excluding hydrogens is 278 g/mol. The van der Waals surface area contributed by atoms with Gasteiger partial charge in [-0.15, -0.1) is 10.2 Å². The highest BCUT2D eigenvalue weighted by atomic mass is 32.2. The number of thioether (sulfide) groups is 1. The number of benzene rings is 2. The molecule has 0 radical (unpaired) electrons. The van der Waals surface area contributed by atoms with Gasteiger partial charge in [-0.05, 0) is 29.1 Å². The average Bonchev–Trinajstić information content (AvgIpc) is 2.97. The van der Waals surface area contributed by atoms with Crippen molar-refractivity contribution in [2.45, 2.75) is 10.9 Å². The molecular formula is C17H13N3S. The van der Waals surface area contributed by atoms with Crippen molar-refractivity contribution in [2.75, 3.05) is 0 Å². The predicted molar refractivity (Wildman–Crippen MR) is 86.5 cm³/mol. The second-order valence-electron chi connectivity index (χ2n) is 4.84. The molecule has 21 heavy (non-hydrogen) atoms. The van der Waals surface area contributed by atoms with Gasteiger partial charge in [0.1, 0.15) is 0 Å². The van der Waals surface area contributed by atoms with E-state index in [1.54, 1.807) is 11.8 Å². The number of rotatable bonds is 3. The Balaban J connectivity index is 1.77. The van der Waals surface area contributed by atoms with Gasteiger partial charge in [0, 0.05) is 5.75 Å². The third kappa shape index (κ3) is 2.28. The molecule has 0 saturated heterocycles. The Kier molecular flexibility index (Phi) is 3.09. The van der Waals surface area contributed by atoms with Crippen molar-refractivity contribution in [3.8, 4) is 0 Å². The quantitative estimate of drug-likeness (QED) is 0.531. The third-order valence-electron chi connectivity index (χ3n) is 3.46. The molecule has 4 rings (SSSR count). The molecule has 0 atom stereocenters. The van der Waals surface area contributed by atoms with Crippen LogP contribution in [0.15, 0.2) is 71.9 Å². The molecule has 0 spiro atoms. The fraction of sp³-hybridized carbons (Fsp3) is 0.0588. The average molecular weight is 291 g/mol. The van der Waals surface area contributed by atoms with Crippen molar-refractivity contribution in [1.29, 1.82) is 0 Å².